The van der Waals surface area contributed by atoms with Crippen molar-refractivity contribution in [2.24, 2.45) is 17.8 Å². The molecule has 0 amide bonds. The molecule has 1 atom stereocenters. The maximum Gasteiger partial charge on any atom is 0.0459 e. The minimum absolute atomic E-state index is 0.383. The summed E-state index contributed by atoms with van der Waals surface area (Å²) in [5, 5.41) is 9.25. The lowest BCUT2D eigenvalue weighted by molar-refractivity contribution is 0.200. The normalized spacial score (nSPS) is 13.8. The zero-order chi connectivity index (χ0) is 11.7. The summed E-state index contributed by atoms with van der Waals surface area (Å²) in [4.78, 5) is 0. The van der Waals surface area contributed by atoms with Crippen LogP contribution in [0, 0.1) is 17.8 Å². The molecule has 1 unspecified atom stereocenters. The molecule has 92 valence electrons. The molecule has 0 aliphatic heterocycles. The molecule has 0 aliphatic carbocycles. The van der Waals surface area contributed by atoms with Gasteiger partial charge in [0.15, 0.2) is 0 Å². The van der Waals surface area contributed by atoms with Gasteiger partial charge >= 0.3 is 0 Å². The molecule has 0 rings (SSSR count). The van der Waals surface area contributed by atoms with Crippen LogP contribution in [0.15, 0.2) is 0 Å². The van der Waals surface area contributed by atoms with E-state index in [1.165, 1.54) is 38.5 Å². The van der Waals surface area contributed by atoms with Crippen molar-refractivity contribution in [3.63, 3.8) is 0 Å². The molecule has 0 radical (unpaired) electrons. The van der Waals surface area contributed by atoms with Crippen LogP contribution in [-0.4, -0.2) is 11.7 Å². The van der Waals surface area contributed by atoms with Gasteiger partial charge in [-0.25, -0.2) is 0 Å². The van der Waals surface area contributed by atoms with E-state index in [9.17, 15) is 5.11 Å². The van der Waals surface area contributed by atoms with Gasteiger partial charge in [-0.1, -0.05) is 53.4 Å². The van der Waals surface area contributed by atoms with Crippen molar-refractivity contribution in [1.29, 1.82) is 0 Å². The van der Waals surface area contributed by atoms with E-state index in [-0.39, 0.29) is 0 Å². The van der Waals surface area contributed by atoms with E-state index in [0.717, 1.165) is 11.8 Å². The van der Waals surface area contributed by atoms with Crippen molar-refractivity contribution in [2.45, 2.75) is 66.2 Å². The van der Waals surface area contributed by atoms with Crippen molar-refractivity contribution < 1.29 is 5.11 Å². The van der Waals surface area contributed by atoms with E-state index in [2.05, 4.69) is 27.7 Å². The fourth-order valence-corrected chi connectivity index (χ4v) is 1.88. The number of hydrogen-bond donors (Lipinski definition) is 1. The van der Waals surface area contributed by atoms with Gasteiger partial charge in [-0.3, -0.25) is 0 Å². The first-order valence-electron chi connectivity index (χ1n) is 6.67. The predicted molar refractivity (Wildman–Crippen MR) is 68.0 cm³/mol. The van der Waals surface area contributed by atoms with Gasteiger partial charge in [0.2, 0.25) is 0 Å². The Bertz CT molecular complexity index is 129. The second-order valence-corrected chi connectivity index (χ2v) is 5.70. The predicted octanol–water partition coefficient (Wildman–Crippen LogP) is 4.25. The molecule has 0 aromatic carbocycles. The summed E-state index contributed by atoms with van der Waals surface area (Å²) in [7, 11) is 0. The molecular weight excluding hydrogens is 184 g/mol. The van der Waals surface area contributed by atoms with Crippen molar-refractivity contribution in [1.82, 2.24) is 0 Å². The fourth-order valence-electron chi connectivity index (χ4n) is 1.88. The second-order valence-electron chi connectivity index (χ2n) is 5.70. The quantitative estimate of drug-likeness (QED) is 0.569. The Morgan fingerprint density at radius 1 is 0.733 bits per heavy atom. The molecule has 0 saturated heterocycles. The van der Waals surface area contributed by atoms with Crippen LogP contribution in [0.3, 0.4) is 0 Å². The number of rotatable bonds is 9. The Labute approximate surface area is 96.3 Å². The van der Waals surface area contributed by atoms with Crippen LogP contribution in [0.1, 0.15) is 66.2 Å². The van der Waals surface area contributed by atoms with Gasteiger partial charge in [0, 0.05) is 6.61 Å². The topological polar surface area (TPSA) is 20.2 Å². The fraction of sp³-hybridized carbons (Fsp3) is 1.00. The van der Waals surface area contributed by atoms with Gasteiger partial charge in [-0.05, 0) is 30.6 Å². The van der Waals surface area contributed by atoms with Crippen LogP contribution in [0.4, 0.5) is 0 Å². The first kappa shape index (κ1) is 15.0. The average molecular weight is 214 g/mol. The van der Waals surface area contributed by atoms with Crippen LogP contribution in [0.2, 0.25) is 0 Å². The van der Waals surface area contributed by atoms with Crippen molar-refractivity contribution in [3.05, 3.63) is 0 Å². The number of aliphatic hydroxyl groups excluding tert-OH is 1. The first-order chi connectivity index (χ1) is 7.06. The van der Waals surface area contributed by atoms with Crippen LogP contribution in [0.25, 0.3) is 0 Å². The summed E-state index contributed by atoms with van der Waals surface area (Å²) in [5.41, 5.74) is 0. The lowest BCUT2D eigenvalue weighted by atomic mass is 9.93. The molecular formula is C14H30O. The highest BCUT2D eigenvalue weighted by atomic mass is 16.3. The molecule has 0 fully saturated rings. The smallest absolute Gasteiger partial charge is 0.0459 e. The summed E-state index contributed by atoms with van der Waals surface area (Å²) >= 11 is 0. The zero-order valence-corrected chi connectivity index (χ0v) is 11.1. The van der Waals surface area contributed by atoms with E-state index in [1.54, 1.807) is 0 Å². The Morgan fingerprint density at radius 2 is 1.27 bits per heavy atom. The van der Waals surface area contributed by atoms with Gasteiger partial charge in [0.25, 0.3) is 0 Å². The van der Waals surface area contributed by atoms with Crippen molar-refractivity contribution in [2.75, 3.05) is 6.61 Å². The maximum atomic E-state index is 9.25. The van der Waals surface area contributed by atoms with Gasteiger partial charge in [-0.15, -0.1) is 0 Å². The third-order valence-electron chi connectivity index (χ3n) is 3.05. The van der Waals surface area contributed by atoms with Crippen molar-refractivity contribution in [3.8, 4) is 0 Å². The number of unbranched alkanes of at least 4 members (excludes halogenated alkanes) is 1. The van der Waals surface area contributed by atoms with E-state index >= 15 is 0 Å². The first-order valence-corrected chi connectivity index (χ1v) is 6.67. The van der Waals surface area contributed by atoms with Crippen LogP contribution >= 0.6 is 0 Å². The summed E-state index contributed by atoms with van der Waals surface area (Å²) < 4.78 is 0. The zero-order valence-electron chi connectivity index (χ0n) is 11.1. The van der Waals surface area contributed by atoms with Crippen LogP contribution in [0.5, 0.6) is 0 Å². The molecule has 1 N–H and O–H groups in total. The highest BCUT2D eigenvalue weighted by Crippen LogP contribution is 2.19. The van der Waals surface area contributed by atoms with Gasteiger partial charge in [0.05, 0.1) is 0 Å². The maximum absolute atomic E-state index is 9.25. The summed E-state index contributed by atoms with van der Waals surface area (Å²) in [5.74, 6) is 2.16. The van der Waals surface area contributed by atoms with E-state index < -0.39 is 0 Å². The molecule has 15 heavy (non-hydrogen) atoms. The largest absolute Gasteiger partial charge is 0.396 e. The lowest BCUT2D eigenvalue weighted by Crippen LogP contribution is -2.07. The highest BCUT2D eigenvalue weighted by Gasteiger charge is 2.08. The molecule has 1 heteroatoms. The van der Waals surface area contributed by atoms with E-state index in [4.69, 9.17) is 0 Å². The van der Waals surface area contributed by atoms with Gasteiger partial charge in [0.1, 0.15) is 0 Å². The Balaban J connectivity index is 3.44. The second kappa shape index (κ2) is 9.21. The molecule has 0 spiro atoms. The number of aliphatic hydroxyl groups is 1. The molecule has 0 heterocycles. The SMILES string of the molecule is CC(C)CCCCC(CO)CCC(C)C. The monoisotopic (exact) mass is 214 g/mol. The Kier molecular flexibility index (Phi) is 9.18. The molecule has 0 aromatic rings. The molecule has 0 aliphatic rings. The Morgan fingerprint density at radius 3 is 1.73 bits per heavy atom. The minimum Gasteiger partial charge on any atom is -0.396 e. The molecule has 0 aromatic heterocycles. The molecule has 0 saturated carbocycles. The van der Waals surface area contributed by atoms with Crippen molar-refractivity contribution >= 4 is 0 Å². The number of hydrogen-bond acceptors (Lipinski definition) is 1. The highest BCUT2D eigenvalue weighted by molar-refractivity contribution is 4.60. The summed E-state index contributed by atoms with van der Waals surface area (Å²) in [6, 6.07) is 0. The minimum atomic E-state index is 0.383. The van der Waals surface area contributed by atoms with E-state index in [0.29, 0.717) is 12.5 Å². The van der Waals surface area contributed by atoms with E-state index in [1.807, 2.05) is 0 Å². The average Bonchev–Trinajstić information content (AvgIpc) is 2.16. The molecule has 1 nitrogen and oxygen atoms in total. The van der Waals surface area contributed by atoms with Gasteiger partial charge < -0.3 is 5.11 Å². The standard InChI is InChI=1S/C14H30O/c1-12(2)7-5-6-8-14(11-15)10-9-13(3)4/h12-15H,5-11H2,1-4H3. The third-order valence-corrected chi connectivity index (χ3v) is 3.05. The van der Waals surface area contributed by atoms with Crippen LogP contribution in [-0.2, 0) is 0 Å². The Hall–Kier alpha value is -0.0400. The lowest BCUT2D eigenvalue weighted by Gasteiger charge is -2.15. The third kappa shape index (κ3) is 10.2. The summed E-state index contributed by atoms with van der Waals surface area (Å²) in [6.07, 6.45) is 7.64. The summed E-state index contributed by atoms with van der Waals surface area (Å²) in [6.45, 7) is 9.46. The van der Waals surface area contributed by atoms with Crippen LogP contribution < -0.4 is 0 Å². The molecule has 0 bridgehead atoms. The van der Waals surface area contributed by atoms with Gasteiger partial charge in [-0.2, -0.15) is 0 Å².